The van der Waals surface area contributed by atoms with Gasteiger partial charge in [0.15, 0.2) is 11.6 Å². The lowest BCUT2D eigenvalue weighted by Crippen LogP contribution is -2.12. The van der Waals surface area contributed by atoms with Crippen molar-refractivity contribution < 1.29 is 28.3 Å². The summed E-state index contributed by atoms with van der Waals surface area (Å²) in [5.74, 6) is -1.57. The first-order valence-corrected chi connectivity index (χ1v) is 9.94. The first-order chi connectivity index (χ1) is 15.3. The monoisotopic (exact) mass is 438 g/mol. The maximum absolute atomic E-state index is 15.0. The minimum absolute atomic E-state index is 0.0224. The maximum Gasteiger partial charge on any atom is 0.340 e. The Morgan fingerprint density at radius 3 is 2.66 bits per heavy atom. The molecule has 32 heavy (non-hydrogen) atoms. The van der Waals surface area contributed by atoms with Crippen LogP contribution >= 0.6 is 0 Å². The Morgan fingerprint density at radius 1 is 1.16 bits per heavy atom. The molecule has 164 valence electrons. The van der Waals surface area contributed by atoms with Crippen molar-refractivity contribution >= 4 is 11.7 Å². The minimum Gasteiger partial charge on any atom is -0.506 e. The highest BCUT2D eigenvalue weighted by Gasteiger charge is 2.20. The second kappa shape index (κ2) is 8.74. The molecule has 1 N–H and O–H groups in total. The van der Waals surface area contributed by atoms with E-state index in [9.17, 15) is 18.7 Å². The van der Waals surface area contributed by atoms with Crippen LogP contribution in [0.1, 0.15) is 28.8 Å². The highest BCUT2D eigenvalue weighted by molar-refractivity contribution is 6.02. The van der Waals surface area contributed by atoms with Crippen molar-refractivity contribution in [2.45, 2.75) is 26.7 Å². The van der Waals surface area contributed by atoms with E-state index in [1.165, 1.54) is 18.2 Å². The SMILES string of the molecule is Cc1cc(OCC2=NOC(=O)C2)c(F)c(C)c1Cc1ccc(O)c(-c2ccccc2F)n1. The van der Waals surface area contributed by atoms with E-state index in [1.807, 2.05) is 6.92 Å². The van der Waals surface area contributed by atoms with Gasteiger partial charge in [0.1, 0.15) is 29.6 Å². The molecule has 3 aromatic rings. The van der Waals surface area contributed by atoms with E-state index in [1.54, 1.807) is 31.2 Å². The number of halogens is 2. The lowest BCUT2D eigenvalue weighted by Gasteiger charge is -2.15. The van der Waals surface area contributed by atoms with Crippen molar-refractivity contribution in [1.29, 1.82) is 0 Å². The van der Waals surface area contributed by atoms with Gasteiger partial charge in [0, 0.05) is 17.7 Å². The molecule has 0 radical (unpaired) electrons. The summed E-state index contributed by atoms with van der Waals surface area (Å²) in [5.41, 5.74) is 3.14. The molecule has 0 spiro atoms. The van der Waals surface area contributed by atoms with E-state index in [2.05, 4.69) is 15.0 Å². The van der Waals surface area contributed by atoms with E-state index in [0.717, 1.165) is 5.56 Å². The topological polar surface area (TPSA) is 81.0 Å². The van der Waals surface area contributed by atoms with Crippen molar-refractivity contribution in [2.75, 3.05) is 6.61 Å². The number of ether oxygens (including phenoxy) is 1. The number of aromatic nitrogens is 1. The number of oxime groups is 1. The molecule has 1 aliphatic rings. The number of rotatable bonds is 6. The Labute approximate surface area is 183 Å². The van der Waals surface area contributed by atoms with Gasteiger partial charge < -0.3 is 14.7 Å². The largest absolute Gasteiger partial charge is 0.506 e. The molecule has 2 aromatic carbocycles. The number of carbonyl (C=O) groups excluding carboxylic acids is 1. The first kappa shape index (κ1) is 21.4. The van der Waals surface area contributed by atoms with Crippen LogP contribution in [0, 0.1) is 25.5 Å². The molecule has 1 aromatic heterocycles. The lowest BCUT2D eigenvalue weighted by molar-refractivity contribution is -0.140. The quantitative estimate of drug-likeness (QED) is 0.568. The predicted octanol–water partition coefficient (Wildman–Crippen LogP) is 4.62. The number of hydrogen-bond acceptors (Lipinski definition) is 6. The van der Waals surface area contributed by atoms with Gasteiger partial charge in [-0.1, -0.05) is 17.3 Å². The van der Waals surface area contributed by atoms with Gasteiger partial charge in [-0.25, -0.2) is 18.6 Å². The van der Waals surface area contributed by atoms with Crippen LogP contribution in [0.2, 0.25) is 0 Å². The molecular weight excluding hydrogens is 418 g/mol. The zero-order valence-corrected chi connectivity index (χ0v) is 17.5. The lowest BCUT2D eigenvalue weighted by atomic mass is 9.97. The summed E-state index contributed by atoms with van der Waals surface area (Å²) < 4.78 is 34.7. The molecule has 8 heteroatoms. The van der Waals surface area contributed by atoms with Crippen LogP contribution in [-0.2, 0) is 16.1 Å². The van der Waals surface area contributed by atoms with Gasteiger partial charge in [-0.05, 0) is 60.9 Å². The van der Waals surface area contributed by atoms with Crippen LogP contribution in [-0.4, -0.2) is 28.4 Å². The smallest absolute Gasteiger partial charge is 0.340 e. The summed E-state index contributed by atoms with van der Waals surface area (Å²) >= 11 is 0. The average molecular weight is 438 g/mol. The second-order valence-corrected chi connectivity index (χ2v) is 7.52. The standard InChI is InChI=1S/C24H20F2N2O4/c1-13-9-21(31-12-16-11-22(30)32-28-16)23(26)14(2)18(13)10-15-7-8-20(29)24(27-15)17-5-3-4-6-19(17)25/h3-9,29H,10-12H2,1-2H3. The number of hydrogen-bond donors (Lipinski definition) is 1. The zero-order valence-electron chi connectivity index (χ0n) is 17.5. The van der Waals surface area contributed by atoms with Gasteiger partial charge in [-0.2, -0.15) is 0 Å². The summed E-state index contributed by atoms with van der Waals surface area (Å²) in [7, 11) is 0. The van der Waals surface area contributed by atoms with Gasteiger partial charge in [0.25, 0.3) is 0 Å². The van der Waals surface area contributed by atoms with Crippen LogP contribution in [0.4, 0.5) is 8.78 Å². The van der Waals surface area contributed by atoms with Crippen molar-refractivity contribution in [3.63, 3.8) is 0 Å². The molecule has 0 aliphatic carbocycles. The molecule has 1 aliphatic heterocycles. The fraction of sp³-hybridized carbons (Fsp3) is 0.208. The Hall–Kier alpha value is -3.81. The highest BCUT2D eigenvalue weighted by Crippen LogP contribution is 2.32. The number of benzene rings is 2. The van der Waals surface area contributed by atoms with Crippen LogP contribution < -0.4 is 4.74 Å². The van der Waals surface area contributed by atoms with Crippen LogP contribution in [0.5, 0.6) is 11.5 Å². The molecule has 6 nitrogen and oxygen atoms in total. The normalized spacial score (nSPS) is 13.1. The Balaban J connectivity index is 1.60. The number of carbonyl (C=O) groups is 1. The Kier molecular flexibility index (Phi) is 5.85. The third-order valence-corrected chi connectivity index (χ3v) is 5.26. The predicted molar refractivity (Wildman–Crippen MR) is 114 cm³/mol. The molecule has 0 atom stereocenters. The average Bonchev–Trinajstić information content (AvgIpc) is 3.19. The summed E-state index contributed by atoms with van der Waals surface area (Å²) in [6, 6.07) is 10.7. The molecule has 0 saturated heterocycles. The van der Waals surface area contributed by atoms with Gasteiger partial charge in [0.05, 0.1) is 6.42 Å². The maximum atomic E-state index is 15.0. The molecule has 0 amide bonds. The summed E-state index contributed by atoms with van der Waals surface area (Å²) in [5, 5.41) is 13.8. The van der Waals surface area contributed by atoms with Gasteiger partial charge in [-0.3, -0.25) is 0 Å². The fourth-order valence-corrected chi connectivity index (χ4v) is 3.55. The van der Waals surface area contributed by atoms with E-state index < -0.39 is 17.6 Å². The van der Waals surface area contributed by atoms with E-state index >= 15 is 0 Å². The number of aromatic hydroxyl groups is 1. The van der Waals surface area contributed by atoms with Crippen LogP contribution in [0.15, 0.2) is 47.6 Å². The summed E-state index contributed by atoms with van der Waals surface area (Å²) in [6.07, 6.45) is 0.306. The van der Waals surface area contributed by atoms with Crippen molar-refractivity contribution in [3.05, 3.63) is 76.5 Å². The summed E-state index contributed by atoms with van der Waals surface area (Å²) in [4.78, 5) is 20.0. The van der Waals surface area contributed by atoms with Crippen molar-refractivity contribution in [1.82, 2.24) is 4.98 Å². The third kappa shape index (κ3) is 4.30. The minimum atomic E-state index is -0.524. The second-order valence-electron chi connectivity index (χ2n) is 7.52. The Morgan fingerprint density at radius 2 is 1.94 bits per heavy atom. The fourth-order valence-electron chi connectivity index (χ4n) is 3.55. The van der Waals surface area contributed by atoms with E-state index in [4.69, 9.17) is 4.74 Å². The zero-order chi connectivity index (χ0) is 22.8. The highest BCUT2D eigenvalue weighted by atomic mass is 19.1. The van der Waals surface area contributed by atoms with Crippen LogP contribution in [0.3, 0.4) is 0 Å². The van der Waals surface area contributed by atoms with Gasteiger partial charge in [0.2, 0.25) is 0 Å². The van der Waals surface area contributed by atoms with Crippen molar-refractivity contribution in [2.24, 2.45) is 5.16 Å². The van der Waals surface area contributed by atoms with E-state index in [-0.39, 0.29) is 42.2 Å². The first-order valence-electron chi connectivity index (χ1n) is 9.94. The summed E-state index contributed by atoms with van der Waals surface area (Å²) in [6.45, 7) is 3.42. The molecule has 0 bridgehead atoms. The number of pyridine rings is 1. The molecule has 0 saturated carbocycles. The molecule has 0 fully saturated rings. The molecule has 2 heterocycles. The van der Waals surface area contributed by atoms with Gasteiger partial charge >= 0.3 is 5.97 Å². The molecular formula is C24H20F2N2O4. The molecule has 0 unspecified atom stereocenters. The number of aryl methyl sites for hydroxylation is 1. The van der Waals surface area contributed by atoms with Gasteiger partial charge in [-0.15, -0.1) is 0 Å². The number of nitrogens with zero attached hydrogens (tertiary/aromatic N) is 2. The van der Waals surface area contributed by atoms with E-state index in [0.29, 0.717) is 22.5 Å². The third-order valence-electron chi connectivity index (χ3n) is 5.26. The molecule has 4 rings (SSSR count). The van der Waals surface area contributed by atoms with Crippen LogP contribution in [0.25, 0.3) is 11.3 Å². The Bertz CT molecular complexity index is 1240. The van der Waals surface area contributed by atoms with Crippen molar-refractivity contribution in [3.8, 4) is 22.8 Å².